The Balaban J connectivity index is 1.85. The number of hydrogen-bond donors (Lipinski definition) is 0. The third-order valence-corrected chi connectivity index (χ3v) is 4.79. The molecule has 2 aliphatic heterocycles. The van der Waals surface area contributed by atoms with Crippen LogP contribution in [0, 0.1) is 0 Å². The summed E-state index contributed by atoms with van der Waals surface area (Å²) in [6.07, 6.45) is 1.62. The molecule has 3 rings (SSSR count). The van der Waals surface area contributed by atoms with Crippen molar-refractivity contribution in [1.29, 1.82) is 0 Å². The first-order valence-corrected chi connectivity index (χ1v) is 7.94. The summed E-state index contributed by atoms with van der Waals surface area (Å²) in [6, 6.07) is 8.32. The zero-order chi connectivity index (χ0) is 17.7. The number of para-hydroxylation sites is 1. The molecular weight excluding hydrogens is 308 g/mol. The molecule has 0 saturated carbocycles. The molecule has 0 N–H and O–H groups in total. The van der Waals surface area contributed by atoms with Crippen molar-refractivity contribution in [3.63, 3.8) is 0 Å². The number of carbonyl (C=O) groups excluding carboxylic acids is 2. The molecule has 1 fully saturated rings. The first-order valence-electron chi connectivity index (χ1n) is 7.94. The minimum absolute atomic E-state index is 0.0100. The number of hydroxylamine groups is 2. The first-order chi connectivity index (χ1) is 11.1. The lowest BCUT2D eigenvalue weighted by atomic mass is 9.93. The van der Waals surface area contributed by atoms with Gasteiger partial charge in [0.25, 0.3) is 11.8 Å². The van der Waals surface area contributed by atoms with Crippen molar-refractivity contribution in [1.82, 2.24) is 9.96 Å². The molecule has 1 atom stereocenters. The fraction of sp³-hybridized carbons (Fsp3) is 0.444. The van der Waals surface area contributed by atoms with Crippen LogP contribution in [-0.4, -0.2) is 38.9 Å². The van der Waals surface area contributed by atoms with Gasteiger partial charge in [-0.05, 0) is 46.2 Å². The van der Waals surface area contributed by atoms with Crippen molar-refractivity contribution in [3.05, 3.63) is 42.2 Å². The minimum atomic E-state index is -0.856. The third kappa shape index (κ3) is 2.52. The maximum atomic E-state index is 12.7. The largest absolute Gasteiger partial charge is 0.451 e. The van der Waals surface area contributed by atoms with Gasteiger partial charge in [0, 0.05) is 5.54 Å². The molecule has 1 aromatic carbocycles. The number of carbonyl (C=O) groups is 2. The van der Waals surface area contributed by atoms with Crippen molar-refractivity contribution >= 4 is 11.8 Å². The molecule has 2 heterocycles. The summed E-state index contributed by atoms with van der Waals surface area (Å²) in [7, 11) is 0. The Labute approximate surface area is 141 Å². The predicted molar refractivity (Wildman–Crippen MR) is 86.1 cm³/mol. The third-order valence-electron chi connectivity index (χ3n) is 4.79. The van der Waals surface area contributed by atoms with Crippen LogP contribution < -0.4 is 4.74 Å². The molecular formula is C18H21N2O4. The molecule has 0 bridgehead atoms. The number of imide groups is 1. The normalized spacial score (nSPS) is 26.0. The van der Waals surface area contributed by atoms with E-state index in [1.54, 1.807) is 38.1 Å². The number of ether oxygens (including phenoxy) is 1. The second kappa shape index (κ2) is 5.43. The van der Waals surface area contributed by atoms with Crippen LogP contribution in [0.2, 0.25) is 0 Å². The van der Waals surface area contributed by atoms with E-state index in [-0.39, 0.29) is 5.76 Å². The molecule has 1 unspecified atom stereocenters. The molecule has 2 aliphatic rings. The Morgan fingerprint density at radius 2 is 1.71 bits per heavy atom. The van der Waals surface area contributed by atoms with Crippen LogP contribution in [0.15, 0.2) is 42.2 Å². The van der Waals surface area contributed by atoms with E-state index in [4.69, 9.17) is 4.74 Å². The van der Waals surface area contributed by atoms with Crippen molar-refractivity contribution in [3.8, 4) is 5.75 Å². The fourth-order valence-corrected chi connectivity index (χ4v) is 3.57. The molecule has 0 spiro atoms. The highest BCUT2D eigenvalue weighted by molar-refractivity contribution is 6.15. The molecule has 6 nitrogen and oxygen atoms in total. The van der Waals surface area contributed by atoms with E-state index < -0.39 is 28.9 Å². The quantitative estimate of drug-likeness (QED) is 0.798. The van der Waals surface area contributed by atoms with Gasteiger partial charge in [-0.3, -0.25) is 14.5 Å². The van der Waals surface area contributed by atoms with Crippen LogP contribution in [0.25, 0.3) is 0 Å². The highest BCUT2D eigenvalue weighted by Gasteiger charge is 2.57. The highest BCUT2D eigenvalue weighted by atomic mass is 16.5. The SMILES string of the molecule is CC1(C)CC(N2C(=O)C=C(Oc3ccccc3)C2=O)C(C)(C)N1[O]. The lowest BCUT2D eigenvalue weighted by molar-refractivity contribution is -0.248. The molecule has 1 saturated heterocycles. The molecule has 0 aliphatic carbocycles. The maximum Gasteiger partial charge on any atom is 0.296 e. The number of rotatable bonds is 3. The van der Waals surface area contributed by atoms with Crippen LogP contribution in [0.1, 0.15) is 34.1 Å². The lowest BCUT2D eigenvalue weighted by Crippen LogP contribution is -2.54. The van der Waals surface area contributed by atoms with Crippen LogP contribution >= 0.6 is 0 Å². The predicted octanol–water partition coefficient (Wildman–Crippen LogP) is 2.30. The monoisotopic (exact) mass is 329 g/mol. The van der Waals surface area contributed by atoms with Crippen LogP contribution in [-0.2, 0) is 14.8 Å². The second-order valence-electron chi connectivity index (χ2n) is 7.42. The average Bonchev–Trinajstić information content (AvgIpc) is 2.87. The van der Waals surface area contributed by atoms with Gasteiger partial charge in [-0.25, -0.2) is 0 Å². The summed E-state index contributed by atoms with van der Waals surface area (Å²) < 4.78 is 5.55. The molecule has 2 amide bonds. The van der Waals surface area contributed by atoms with Gasteiger partial charge < -0.3 is 4.74 Å². The Hall–Kier alpha value is -2.18. The van der Waals surface area contributed by atoms with Gasteiger partial charge in [-0.15, -0.1) is 10.3 Å². The van der Waals surface area contributed by atoms with E-state index >= 15 is 0 Å². The molecule has 1 radical (unpaired) electrons. The zero-order valence-electron chi connectivity index (χ0n) is 14.3. The second-order valence-corrected chi connectivity index (χ2v) is 7.42. The average molecular weight is 329 g/mol. The van der Waals surface area contributed by atoms with E-state index in [0.717, 1.165) is 9.96 Å². The summed E-state index contributed by atoms with van der Waals surface area (Å²) in [6.45, 7) is 7.16. The van der Waals surface area contributed by atoms with Gasteiger partial charge in [0.05, 0.1) is 17.7 Å². The van der Waals surface area contributed by atoms with E-state index in [9.17, 15) is 14.8 Å². The smallest absolute Gasteiger partial charge is 0.296 e. The number of nitrogens with zero attached hydrogens (tertiary/aromatic N) is 2. The zero-order valence-corrected chi connectivity index (χ0v) is 14.3. The Kier molecular flexibility index (Phi) is 3.77. The summed E-state index contributed by atoms with van der Waals surface area (Å²) >= 11 is 0. The molecule has 24 heavy (non-hydrogen) atoms. The van der Waals surface area contributed by atoms with Gasteiger partial charge >= 0.3 is 0 Å². The molecule has 1 aromatic rings. The van der Waals surface area contributed by atoms with Crippen molar-refractivity contribution in [2.45, 2.75) is 51.2 Å². The summed E-state index contributed by atoms with van der Waals surface area (Å²) in [4.78, 5) is 26.3. The minimum Gasteiger partial charge on any atom is -0.451 e. The van der Waals surface area contributed by atoms with E-state index in [2.05, 4.69) is 0 Å². The van der Waals surface area contributed by atoms with Crippen molar-refractivity contribution in [2.75, 3.05) is 0 Å². The topological polar surface area (TPSA) is 69.8 Å². The van der Waals surface area contributed by atoms with E-state index in [0.29, 0.717) is 12.2 Å². The summed E-state index contributed by atoms with van der Waals surface area (Å²) in [5.74, 6) is -0.449. The molecule has 0 aromatic heterocycles. The highest BCUT2D eigenvalue weighted by Crippen LogP contribution is 2.43. The van der Waals surface area contributed by atoms with Crippen molar-refractivity contribution in [2.24, 2.45) is 0 Å². The first kappa shape index (κ1) is 16.7. The van der Waals surface area contributed by atoms with Gasteiger partial charge in [0.2, 0.25) is 0 Å². The Bertz CT molecular complexity index is 709. The Morgan fingerprint density at radius 1 is 1.08 bits per heavy atom. The van der Waals surface area contributed by atoms with Crippen LogP contribution in [0.3, 0.4) is 0 Å². The Morgan fingerprint density at radius 3 is 2.25 bits per heavy atom. The number of hydrogen-bond acceptors (Lipinski definition) is 4. The van der Waals surface area contributed by atoms with Gasteiger partial charge in [-0.2, -0.15) is 0 Å². The summed E-state index contributed by atoms with van der Waals surface area (Å²) in [5, 5.41) is 13.5. The van der Waals surface area contributed by atoms with Gasteiger partial charge in [-0.1, -0.05) is 18.2 Å². The van der Waals surface area contributed by atoms with E-state index in [1.165, 1.54) is 6.08 Å². The van der Waals surface area contributed by atoms with Gasteiger partial charge in [0.1, 0.15) is 5.75 Å². The standard InChI is InChI=1S/C18H21N2O4/c1-17(2)11-14(18(3,4)20(17)23)19-15(21)10-13(16(19)22)24-12-8-6-5-7-9-12/h5-10,14H,11H2,1-4H3. The number of benzene rings is 1. The number of amides is 2. The van der Waals surface area contributed by atoms with Gasteiger partial charge in [0.15, 0.2) is 5.76 Å². The van der Waals surface area contributed by atoms with Crippen LogP contribution in [0.5, 0.6) is 5.75 Å². The maximum absolute atomic E-state index is 12.7. The van der Waals surface area contributed by atoms with E-state index in [1.807, 2.05) is 19.9 Å². The molecule has 127 valence electrons. The lowest BCUT2D eigenvalue weighted by Gasteiger charge is -2.36. The fourth-order valence-electron chi connectivity index (χ4n) is 3.57. The summed E-state index contributed by atoms with van der Waals surface area (Å²) in [5.41, 5.74) is -1.50. The van der Waals surface area contributed by atoms with Crippen molar-refractivity contribution < 1.29 is 19.5 Å². The van der Waals surface area contributed by atoms with Crippen LogP contribution in [0.4, 0.5) is 0 Å². The molecule has 6 heteroatoms.